The van der Waals surface area contributed by atoms with Crippen LogP contribution in [0.25, 0.3) is 0 Å². The summed E-state index contributed by atoms with van der Waals surface area (Å²) in [6.07, 6.45) is -13.3. The second-order valence-corrected chi connectivity index (χ2v) is 11.2. The molecule has 4 aromatic rings. The molecule has 0 spiro atoms. The predicted molar refractivity (Wildman–Crippen MR) is 152 cm³/mol. The van der Waals surface area contributed by atoms with Crippen molar-refractivity contribution in [2.75, 3.05) is 0 Å². The second kappa shape index (κ2) is 13.4. The van der Waals surface area contributed by atoms with E-state index in [1.54, 1.807) is 30.3 Å². The molecular formula is C34H25F10NO3. The molecule has 1 amide bonds. The van der Waals surface area contributed by atoms with Gasteiger partial charge in [-0.3, -0.25) is 4.79 Å². The molecular weight excluding hydrogens is 660 g/mol. The molecule has 4 aromatic carbocycles. The van der Waals surface area contributed by atoms with E-state index in [4.69, 9.17) is 4.74 Å². The Morgan fingerprint density at radius 1 is 0.812 bits per heavy atom. The van der Waals surface area contributed by atoms with E-state index in [2.05, 4.69) is 10.1 Å². The Hall–Kier alpha value is -4.75. The number of carbonyl (C=O) groups excluding carboxylic acids is 1. The van der Waals surface area contributed by atoms with E-state index in [0.717, 1.165) is 42.8 Å². The Bertz CT molecular complexity index is 1780. The third-order valence-corrected chi connectivity index (χ3v) is 7.81. The SMILES string of the molecule is O=C(NC(Cc1ccccc1)(c1cc(F)cc(OC(F)(F)C(F)F)c1)c1ccc(F)c(OC2CCC2)c1)c1ccc(F)c(C(F)(F)F)c1. The monoisotopic (exact) mass is 685 g/mol. The van der Waals surface area contributed by atoms with Crippen molar-refractivity contribution in [2.24, 2.45) is 0 Å². The minimum absolute atomic E-state index is 0.0641. The molecule has 0 saturated heterocycles. The zero-order valence-electron chi connectivity index (χ0n) is 24.6. The van der Waals surface area contributed by atoms with Gasteiger partial charge in [-0.1, -0.05) is 36.4 Å². The summed E-state index contributed by atoms with van der Waals surface area (Å²) in [4.78, 5) is 13.8. The molecule has 1 atom stereocenters. The van der Waals surface area contributed by atoms with Crippen LogP contribution < -0.4 is 14.8 Å². The van der Waals surface area contributed by atoms with E-state index in [9.17, 15) is 39.9 Å². The van der Waals surface area contributed by atoms with E-state index in [-0.39, 0.29) is 29.9 Å². The first-order valence-corrected chi connectivity index (χ1v) is 14.4. The van der Waals surface area contributed by atoms with E-state index in [1.807, 2.05) is 0 Å². The van der Waals surface area contributed by atoms with Crippen LogP contribution in [0.4, 0.5) is 43.9 Å². The first-order valence-electron chi connectivity index (χ1n) is 14.4. The molecule has 0 radical (unpaired) electrons. The molecule has 1 aliphatic rings. The summed E-state index contributed by atoms with van der Waals surface area (Å²) in [7, 11) is 0. The maximum atomic E-state index is 15.2. The predicted octanol–water partition coefficient (Wildman–Crippen LogP) is 9.21. The first kappa shape index (κ1) is 34.6. The Kier molecular flexibility index (Phi) is 9.65. The van der Waals surface area contributed by atoms with Crippen LogP contribution in [0.5, 0.6) is 11.5 Å². The number of alkyl halides is 7. The standard InChI is InChI=1S/C34H25F10NO3/c35-23-14-22(15-25(17-23)48-34(43,44)31(38)39)32(18-19-5-2-1-3-6-19,21-10-12-28(37)29(16-21)47-24-7-4-8-24)45-30(46)20-9-11-27(36)26(13-20)33(40,41)42/h1-3,5-6,9-17,24,31H,4,7-8,18H2,(H,45,46). The zero-order valence-corrected chi connectivity index (χ0v) is 24.6. The number of carbonyl (C=O) groups is 1. The Morgan fingerprint density at radius 3 is 2.12 bits per heavy atom. The van der Waals surface area contributed by atoms with Gasteiger partial charge in [0.15, 0.2) is 11.6 Å². The van der Waals surface area contributed by atoms with Crippen LogP contribution in [0.15, 0.2) is 84.9 Å². The summed E-state index contributed by atoms with van der Waals surface area (Å²) in [5.41, 5.74) is -4.70. The van der Waals surface area contributed by atoms with Crippen LogP contribution in [0.2, 0.25) is 0 Å². The summed E-state index contributed by atoms with van der Waals surface area (Å²) < 4.78 is 149. The van der Waals surface area contributed by atoms with E-state index in [0.29, 0.717) is 30.5 Å². The molecule has 0 bridgehead atoms. The Morgan fingerprint density at radius 2 is 1.50 bits per heavy atom. The molecule has 48 heavy (non-hydrogen) atoms. The number of amides is 1. The topological polar surface area (TPSA) is 47.6 Å². The lowest BCUT2D eigenvalue weighted by molar-refractivity contribution is -0.253. The summed E-state index contributed by atoms with van der Waals surface area (Å²) >= 11 is 0. The van der Waals surface area contributed by atoms with Crippen LogP contribution in [-0.2, 0) is 18.1 Å². The smallest absolute Gasteiger partial charge is 0.461 e. The summed E-state index contributed by atoms with van der Waals surface area (Å²) in [5, 5.41) is 2.53. The van der Waals surface area contributed by atoms with Gasteiger partial charge in [0.25, 0.3) is 5.91 Å². The van der Waals surface area contributed by atoms with Gasteiger partial charge in [-0.2, -0.15) is 30.7 Å². The van der Waals surface area contributed by atoms with Gasteiger partial charge < -0.3 is 14.8 Å². The highest BCUT2D eigenvalue weighted by Crippen LogP contribution is 2.41. The molecule has 0 heterocycles. The lowest BCUT2D eigenvalue weighted by atomic mass is 9.77. The van der Waals surface area contributed by atoms with E-state index >= 15 is 8.78 Å². The van der Waals surface area contributed by atoms with Crippen molar-refractivity contribution in [3.8, 4) is 11.5 Å². The van der Waals surface area contributed by atoms with Gasteiger partial charge >= 0.3 is 18.7 Å². The molecule has 1 unspecified atom stereocenters. The number of ether oxygens (including phenoxy) is 2. The highest BCUT2D eigenvalue weighted by atomic mass is 19.4. The molecule has 254 valence electrons. The Balaban J connectivity index is 1.74. The summed E-state index contributed by atoms with van der Waals surface area (Å²) in [6.45, 7) is 0. The van der Waals surface area contributed by atoms with Gasteiger partial charge in [-0.15, -0.1) is 0 Å². The average Bonchev–Trinajstić information content (AvgIpc) is 2.99. The van der Waals surface area contributed by atoms with Gasteiger partial charge in [0.2, 0.25) is 0 Å². The molecule has 1 N–H and O–H groups in total. The molecule has 1 fully saturated rings. The fourth-order valence-electron chi connectivity index (χ4n) is 5.21. The van der Waals surface area contributed by atoms with Crippen LogP contribution in [0.3, 0.4) is 0 Å². The number of rotatable bonds is 11. The number of benzene rings is 4. The van der Waals surface area contributed by atoms with Crippen LogP contribution >= 0.6 is 0 Å². The first-order chi connectivity index (χ1) is 22.6. The summed E-state index contributed by atoms with van der Waals surface area (Å²) in [6, 6.07) is 14.5. The third-order valence-electron chi connectivity index (χ3n) is 7.81. The lowest BCUT2D eigenvalue weighted by Crippen LogP contribution is -2.49. The van der Waals surface area contributed by atoms with E-state index < -0.39 is 70.0 Å². The van der Waals surface area contributed by atoms with Crippen molar-refractivity contribution >= 4 is 5.91 Å². The molecule has 0 aromatic heterocycles. The maximum Gasteiger partial charge on any atom is 0.461 e. The number of hydrogen-bond donors (Lipinski definition) is 1. The van der Waals surface area contributed by atoms with Gasteiger partial charge in [0, 0.05) is 18.1 Å². The molecule has 1 saturated carbocycles. The number of hydrogen-bond acceptors (Lipinski definition) is 3. The lowest BCUT2D eigenvalue weighted by Gasteiger charge is -2.37. The second-order valence-electron chi connectivity index (χ2n) is 11.2. The van der Waals surface area contributed by atoms with E-state index in [1.165, 1.54) is 0 Å². The fourth-order valence-corrected chi connectivity index (χ4v) is 5.21. The summed E-state index contributed by atoms with van der Waals surface area (Å²) in [5.74, 6) is -6.45. The molecule has 5 rings (SSSR count). The van der Waals surface area contributed by atoms with Crippen molar-refractivity contribution in [3.63, 3.8) is 0 Å². The van der Waals surface area contributed by atoms with Crippen molar-refractivity contribution in [1.82, 2.24) is 5.32 Å². The van der Waals surface area contributed by atoms with Crippen molar-refractivity contribution in [1.29, 1.82) is 0 Å². The maximum absolute atomic E-state index is 15.2. The van der Waals surface area contributed by atoms with Crippen LogP contribution in [-0.4, -0.2) is 24.5 Å². The van der Waals surface area contributed by atoms with Gasteiger partial charge in [-0.25, -0.2) is 13.2 Å². The zero-order chi connectivity index (χ0) is 34.9. The van der Waals surface area contributed by atoms with Crippen LogP contribution in [0, 0.1) is 17.5 Å². The quantitative estimate of drug-likeness (QED) is 0.160. The third kappa shape index (κ3) is 7.52. The van der Waals surface area contributed by atoms with Gasteiger partial charge in [0.05, 0.1) is 17.2 Å². The molecule has 0 aliphatic heterocycles. The minimum Gasteiger partial charge on any atom is -0.487 e. The average molecular weight is 686 g/mol. The normalized spacial score (nSPS) is 15.1. The van der Waals surface area contributed by atoms with Crippen molar-refractivity contribution in [2.45, 2.75) is 56.0 Å². The molecule has 1 aliphatic carbocycles. The number of halogens is 10. The highest BCUT2D eigenvalue weighted by molar-refractivity contribution is 5.95. The largest absolute Gasteiger partial charge is 0.487 e. The van der Waals surface area contributed by atoms with Crippen molar-refractivity contribution < 1.29 is 58.2 Å². The van der Waals surface area contributed by atoms with Crippen LogP contribution in [0.1, 0.15) is 51.9 Å². The fraction of sp³-hybridized carbons (Fsp3) is 0.265. The highest BCUT2D eigenvalue weighted by Gasteiger charge is 2.45. The van der Waals surface area contributed by atoms with Crippen molar-refractivity contribution in [3.05, 3.63) is 130 Å². The Labute approximate surface area is 267 Å². The number of nitrogens with one attached hydrogen (secondary N) is 1. The molecule has 14 heteroatoms. The minimum atomic E-state index is -5.20. The van der Waals surface area contributed by atoms with Gasteiger partial charge in [-0.05, 0) is 78.4 Å². The van der Waals surface area contributed by atoms with Gasteiger partial charge in [0.1, 0.15) is 17.4 Å². The molecule has 4 nitrogen and oxygen atoms in total.